The number of nitrogens with one attached hydrogen (secondary N) is 3. The monoisotopic (exact) mass is 674 g/mol. The minimum absolute atomic E-state index is 0.00563. The zero-order valence-corrected chi connectivity index (χ0v) is 27.9. The van der Waals surface area contributed by atoms with E-state index < -0.39 is 11.7 Å². The van der Waals surface area contributed by atoms with Crippen LogP contribution in [0.25, 0.3) is 22.2 Å². The minimum Gasteiger partial charge on any atom is -0.483 e. The molecule has 12 nitrogen and oxygen atoms in total. The number of carboxylic acid groups (broad SMARTS) is 1. The van der Waals surface area contributed by atoms with E-state index in [4.69, 9.17) is 32.3 Å². The number of carbonyl (C=O) groups excluding carboxylic acids is 1. The smallest absolute Gasteiger partial charge is 0.290 e. The molecule has 1 aliphatic carbocycles. The molecule has 258 valence electrons. The predicted octanol–water partition coefficient (Wildman–Crippen LogP) is 4.72. The van der Waals surface area contributed by atoms with Crippen molar-refractivity contribution in [2.75, 3.05) is 51.7 Å². The number of nitrogens with two attached hydrogens (primary N) is 1. The standard InChI is InChI=1S/C22H22ClFN6O.C5H11N.C4H9N.CH2O2.CH4O/c1-25-21(31)16-10-26-19(14-8-13(23)9-17-15(14)11-28-29-17)18(24)20(16)27-12-22-4-2-6-30(22)7-3-5-22;6-4-3-5-1-2-5;1-2-4-5-3-1;2-1-3;1-2/h8-11H,1-7,12H2,(H,26,27)(H,28,29);5H,1-4,6H2;5H,1-4H2;1H,(H,2,3);2H,1H3. The van der Waals surface area contributed by atoms with Crippen molar-refractivity contribution in [2.24, 2.45) is 16.6 Å². The Kier molecular flexibility index (Phi) is 15.6. The van der Waals surface area contributed by atoms with Gasteiger partial charge in [0.25, 0.3) is 12.4 Å². The van der Waals surface area contributed by atoms with Crippen molar-refractivity contribution in [1.82, 2.24) is 25.4 Å². The third-order valence-corrected chi connectivity index (χ3v) is 9.02. The van der Waals surface area contributed by atoms with Crippen molar-refractivity contribution in [1.29, 1.82) is 0 Å². The molecule has 14 heteroatoms. The second kappa shape index (κ2) is 19.4. The number of hydrogen-bond acceptors (Lipinski definition) is 9. The summed E-state index contributed by atoms with van der Waals surface area (Å²) >= 11 is 6.24. The molecule has 4 fully saturated rings. The van der Waals surface area contributed by atoms with Crippen LogP contribution in [0, 0.1) is 11.7 Å². The Morgan fingerprint density at radius 3 is 2.40 bits per heavy atom. The molecular weight excluding hydrogens is 627 g/mol. The Morgan fingerprint density at radius 2 is 1.87 bits per heavy atom. The van der Waals surface area contributed by atoms with E-state index >= 15 is 4.39 Å². The molecule has 2 aromatic heterocycles. The van der Waals surface area contributed by atoms with E-state index in [0.29, 0.717) is 28.0 Å². The van der Waals surface area contributed by atoms with E-state index in [0.717, 1.165) is 58.3 Å². The highest BCUT2D eigenvalue weighted by Crippen LogP contribution is 2.40. The molecule has 0 radical (unpaired) electrons. The zero-order valence-electron chi connectivity index (χ0n) is 27.1. The van der Waals surface area contributed by atoms with Crippen LogP contribution < -0.4 is 16.4 Å². The fourth-order valence-electron chi connectivity index (χ4n) is 6.34. The highest BCUT2D eigenvalue weighted by atomic mass is 35.5. The number of aliphatic hydroxyl groups excluding tert-OH is 1. The summed E-state index contributed by atoms with van der Waals surface area (Å²) < 4.78 is 15.9. The first kappa shape index (κ1) is 38.0. The molecule has 5 heterocycles. The van der Waals surface area contributed by atoms with E-state index in [1.807, 2.05) is 0 Å². The number of hydrogen-bond donors (Lipinski definition) is 6. The van der Waals surface area contributed by atoms with Gasteiger partial charge in [-0.15, -0.1) is 0 Å². The minimum atomic E-state index is -0.618. The molecule has 0 spiro atoms. The van der Waals surface area contributed by atoms with Gasteiger partial charge < -0.3 is 26.6 Å². The third-order valence-electron chi connectivity index (χ3n) is 8.81. The number of benzene rings is 1. The average molecular weight is 675 g/mol. The van der Waals surface area contributed by atoms with Gasteiger partial charge in [-0.05, 0) is 102 Å². The van der Waals surface area contributed by atoms with Crippen LogP contribution in [-0.2, 0) is 4.79 Å². The maximum atomic E-state index is 15.9. The Labute approximate surface area is 280 Å². The number of H-pyrrole nitrogens is 1. The number of halogens is 2. The van der Waals surface area contributed by atoms with Crippen LogP contribution in [0.3, 0.4) is 0 Å². The van der Waals surface area contributed by atoms with Gasteiger partial charge in [-0.25, -0.2) is 9.38 Å². The van der Waals surface area contributed by atoms with Gasteiger partial charge in [0.2, 0.25) is 0 Å². The summed E-state index contributed by atoms with van der Waals surface area (Å²) in [6, 6.07) is 3.37. The maximum Gasteiger partial charge on any atom is 0.290 e. The van der Waals surface area contributed by atoms with E-state index in [2.05, 4.69) is 42.4 Å². The highest BCUT2D eigenvalue weighted by Gasteiger charge is 2.44. The molecule has 0 atom stereocenters. The van der Waals surface area contributed by atoms with Crippen molar-refractivity contribution in [2.45, 2.75) is 63.3 Å². The van der Waals surface area contributed by atoms with Gasteiger partial charge >= 0.3 is 0 Å². The summed E-state index contributed by atoms with van der Waals surface area (Å²) in [5, 5.41) is 28.4. The number of rotatable bonds is 7. The molecule has 1 amide bonds. The molecular formula is C33H48ClFN8O4. The molecule has 0 unspecified atom stereocenters. The number of carbonyl (C=O) groups is 2. The quantitative estimate of drug-likeness (QED) is 0.151. The molecule has 7 rings (SSSR count). The topological polar surface area (TPSA) is 182 Å². The number of anilines is 1. The summed E-state index contributed by atoms with van der Waals surface area (Å²) in [5.41, 5.74) is 6.73. The van der Waals surface area contributed by atoms with Gasteiger partial charge in [-0.1, -0.05) is 24.4 Å². The third kappa shape index (κ3) is 10.2. The number of nitrogens with zero attached hydrogens (tertiary/aromatic N) is 4. The van der Waals surface area contributed by atoms with E-state index in [9.17, 15) is 4.79 Å². The molecule has 3 aromatic rings. The molecule has 4 aliphatic rings. The number of pyridine rings is 1. The van der Waals surface area contributed by atoms with Crippen LogP contribution in [0.2, 0.25) is 5.02 Å². The number of aliphatic hydroxyl groups is 1. The number of aromatic amines is 1. The van der Waals surface area contributed by atoms with Crippen molar-refractivity contribution in [3.8, 4) is 11.3 Å². The molecule has 7 N–H and O–H groups in total. The van der Waals surface area contributed by atoms with Crippen LogP contribution in [-0.4, -0.2) is 101 Å². The highest BCUT2D eigenvalue weighted by molar-refractivity contribution is 6.31. The molecule has 47 heavy (non-hydrogen) atoms. The average Bonchev–Trinajstić information content (AvgIpc) is 3.55. The summed E-state index contributed by atoms with van der Waals surface area (Å²) in [7, 11) is 1.00. The Balaban J connectivity index is 0.000000309. The van der Waals surface area contributed by atoms with Crippen LogP contribution in [0.1, 0.15) is 68.1 Å². The van der Waals surface area contributed by atoms with Crippen LogP contribution in [0.4, 0.5) is 10.1 Å². The normalized spacial score (nSPS) is 17.4. The Morgan fingerprint density at radius 1 is 1.21 bits per heavy atom. The predicted molar refractivity (Wildman–Crippen MR) is 185 cm³/mol. The summed E-state index contributed by atoms with van der Waals surface area (Å²) in [6.07, 6.45) is 14.3. The van der Waals surface area contributed by atoms with E-state index in [1.54, 1.807) is 18.3 Å². The summed E-state index contributed by atoms with van der Waals surface area (Å²) in [6.45, 7) is 9.13. The first-order valence-corrected chi connectivity index (χ1v) is 16.5. The fourth-order valence-corrected chi connectivity index (χ4v) is 6.56. The molecule has 0 bridgehead atoms. The number of amides is 1. The lowest BCUT2D eigenvalue weighted by molar-refractivity contribution is -0.122. The van der Waals surface area contributed by atoms with E-state index in [-0.39, 0.29) is 29.0 Å². The molecule has 1 aromatic carbocycles. The Bertz CT molecular complexity index is 1430. The second-order valence-corrected chi connectivity index (χ2v) is 12.2. The van der Waals surface area contributed by atoms with Gasteiger partial charge in [0.05, 0.1) is 23.0 Å². The van der Waals surface area contributed by atoms with Gasteiger partial charge in [0.15, 0.2) is 5.82 Å². The van der Waals surface area contributed by atoms with Crippen molar-refractivity contribution in [3.63, 3.8) is 0 Å². The first-order chi connectivity index (χ1) is 22.9. The zero-order chi connectivity index (χ0) is 34.2. The lowest BCUT2D eigenvalue weighted by Crippen LogP contribution is -2.44. The van der Waals surface area contributed by atoms with Crippen LogP contribution >= 0.6 is 11.6 Å². The molecule has 3 saturated heterocycles. The van der Waals surface area contributed by atoms with Crippen molar-refractivity contribution >= 4 is 47.3 Å². The van der Waals surface area contributed by atoms with Gasteiger partial charge in [0.1, 0.15) is 5.69 Å². The van der Waals surface area contributed by atoms with Crippen LogP contribution in [0.5, 0.6) is 0 Å². The summed E-state index contributed by atoms with van der Waals surface area (Å²) in [5.74, 6) is -0.208. The van der Waals surface area contributed by atoms with E-state index in [1.165, 1.54) is 51.4 Å². The number of fused-ring (bicyclic) bond motifs is 2. The molecule has 1 saturated carbocycles. The molecule has 3 aliphatic heterocycles. The fraction of sp³-hybridized carbons (Fsp3) is 0.545. The van der Waals surface area contributed by atoms with Crippen LogP contribution in [0.15, 0.2) is 29.5 Å². The first-order valence-electron chi connectivity index (χ1n) is 16.1. The second-order valence-electron chi connectivity index (χ2n) is 11.8. The largest absolute Gasteiger partial charge is 0.483 e. The summed E-state index contributed by atoms with van der Waals surface area (Å²) in [4.78, 5) is 30.9. The van der Waals surface area contributed by atoms with Gasteiger partial charge in [-0.3, -0.25) is 24.6 Å². The lowest BCUT2D eigenvalue weighted by Gasteiger charge is -2.33. The van der Waals surface area contributed by atoms with Crippen molar-refractivity contribution in [3.05, 3.63) is 40.9 Å². The number of aromatic nitrogens is 3. The maximum absolute atomic E-state index is 15.9. The lowest BCUT2D eigenvalue weighted by atomic mass is 9.93. The number of aliphatic imine (C=N–C) groups is 1. The SMILES string of the molecule is C1CCNC1.C=NC(=O)c1cnc(-c2cc(Cl)cc3[nH]ncc23)c(F)c1NCC12CCCN1CCC2.CO.NCCC1CC1.O=CO. The van der Waals surface area contributed by atoms with Gasteiger partial charge in [0, 0.05) is 41.4 Å². The van der Waals surface area contributed by atoms with Crippen molar-refractivity contribution < 1.29 is 24.2 Å². The Hall–Kier alpha value is -3.49. The van der Waals surface area contributed by atoms with Gasteiger partial charge in [-0.2, -0.15) is 5.10 Å².